The zero-order chi connectivity index (χ0) is 13.5. The summed E-state index contributed by atoms with van der Waals surface area (Å²) in [4.78, 5) is 11.1. The molecule has 0 amide bonds. The van der Waals surface area contributed by atoms with Crippen molar-refractivity contribution in [3.05, 3.63) is 34.9 Å². The fourth-order valence-electron chi connectivity index (χ4n) is 2.85. The molecule has 2 aliphatic rings. The van der Waals surface area contributed by atoms with E-state index in [1.165, 1.54) is 0 Å². The summed E-state index contributed by atoms with van der Waals surface area (Å²) in [6, 6.07) is 5.46. The summed E-state index contributed by atoms with van der Waals surface area (Å²) in [5, 5.41) is 19.3. The van der Waals surface area contributed by atoms with Crippen LogP contribution in [0.5, 0.6) is 0 Å². The number of aliphatic hydroxyl groups excluding tert-OH is 2. The van der Waals surface area contributed by atoms with Gasteiger partial charge in [-0.2, -0.15) is 0 Å². The number of hydrogen-bond donors (Lipinski definition) is 2. The van der Waals surface area contributed by atoms with Crippen molar-refractivity contribution in [3.8, 4) is 0 Å². The summed E-state index contributed by atoms with van der Waals surface area (Å²) in [5.41, 5.74) is 2.41. The fraction of sp³-hybridized carbons (Fsp3) is 0.500. The number of aliphatic hydroxyl groups is 2. The summed E-state index contributed by atoms with van der Waals surface area (Å²) >= 11 is 0. The Bertz CT molecular complexity index is 501. The Balaban J connectivity index is 1.95. The molecule has 2 heterocycles. The van der Waals surface area contributed by atoms with Crippen molar-refractivity contribution in [1.82, 2.24) is 0 Å². The van der Waals surface area contributed by atoms with Crippen LogP contribution < -0.4 is 0 Å². The topological polar surface area (TPSA) is 76.0 Å². The summed E-state index contributed by atoms with van der Waals surface area (Å²) in [6.45, 7) is 0.149. The molecule has 0 bridgehead atoms. The van der Waals surface area contributed by atoms with Crippen LogP contribution in [0.1, 0.15) is 27.9 Å². The van der Waals surface area contributed by atoms with E-state index in [4.69, 9.17) is 14.6 Å². The van der Waals surface area contributed by atoms with Gasteiger partial charge in [0.15, 0.2) is 5.79 Å². The molecule has 1 saturated heterocycles. The second kappa shape index (κ2) is 4.68. The maximum absolute atomic E-state index is 11.1. The van der Waals surface area contributed by atoms with Crippen molar-refractivity contribution in [2.45, 2.75) is 37.4 Å². The first-order valence-corrected chi connectivity index (χ1v) is 6.35. The lowest BCUT2D eigenvalue weighted by Gasteiger charge is -2.37. The normalized spacial score (nSPS) is 33.4. The quantitative estimate of drug-likeness (QED) is 0.757. The van der Waals surface area contributed by atoms with Gasteiger partial charge in [0, 0.05) is 18.4 Å². The number of ether oxygens (including phenoxy) is 2. The zero-order valence-corrected chi connectivity index (χ0v) is 10.4. The molecule has 1 fully saturated rings. The van der Waals surface area contributed by atoms with Crippen LogP contribution in [0.4, 0.5) is 0 Å². The predicted octanol–water partition coefficient (Wildman–Crippen LogP) is 0.410. The summed E-state index contributed by atoms with van der Waals surface area (Å²) in [5.74, 6) is -1.13. The van der Waals surface area contributed by atoms with Gasteiger partial charge in [0.1, 0.15) is 12.4 Å². The number of benzene rings is 1. The van der Waals surface area contributed by atoms with E-state index in [0.29, 0.717) is 25.0 Å². The SMILES string of the molecule is O=Cc1cccc2c1C[C@@]1(OC2)O[C@H](CO)C[C@@H]1O. The molecule has 2 N–H and O–H groups in total. The molecule has 19 heavy (non-hydrogen) atoms. The van der Waals surface area contributed by atoms with Gasteiger partial charge < -0.3 is 19.7 Å². The van der Waals surface area contributed by atoms with Crippen LogP contribution in [0.2, 0.25) is 0 Å². The molecule has 1 aromatic carbocycles. The second-order valence-corrected chi connectivity index (χ2v) is 5.05. The van der Waals surface area contributed by atoms with Gasteiger partial charge in [0.25, 0.3) is 0 Å². The van der Waals surface area contributed by atoms with E-state index in [-0.39, 0.29) is 6.61 Å². The van der Waals surface area contributed by atoms with Crippen LogP contribution in [-0.2, 0) is 22.5 Å². The molecule has 102 valence electrons. The first-order chi connectivity index (χ1) is 9.18. The van der Waals surface area contributed by atoms with Gasteiger partial charge in [-0.3, -0.25) is 4.79 Å². The summed E-state index contributed by atoms with van der Waals surface area (Å²) in [6.07, 6.45) is 0.268. The maximum atomic E-state index is 11.1. The first-order valence-electron chi connectivity index (χ1n) is 6.35. The monoisotopic (exact) mass is 264 g/mol. The van der Waals surface area contributed by atoms with Gasteiger partial charge in [-0.25, -0.2) is 0 Å². The van der Waals surface area contributed by atoms with E-state index in [0.717, 1.165) is 17.4 Å². The molecule has 0 unspecified atom stereocenters. The molecule has 0 aromatic heterocycles. The Labute approximate surface area is 110 Å². The largest absolute Gasteiger partial charge is 0.394 e. The molecule has 0 saturated carbocycles. The van der Waals surface area contributed by atoms with E-state index in [9.17, 15) is 9.90 Å². The highest BCUT2D eigenvalue weighted by atomic mass is 16.7. The highest BCUT2D eigenvalue weighted by Crippen LogP contribution is 2.40. The Morgan fingerprint density at radius 3 is 3.00 bits per heavy atom. The number of aldehydes is 1. The predicted molar refractivity (Wildman–Crippen MR) is 65.6 cm³/mol. The number of hydrogen-bond acceptors (Lipinski definition) is 5. The van der Waals surface area contributed by atoms with E-state index in [1.54, 1.807) is 6.07 Å². The molecule has 0 aliphatic carbocycles. The van der Waals surface area contributed by atoms with E-state index in [1.807, 2.05) is 12.1 Å². The van der Waals surface area contributed by atoms with Crippen molar-refractivity contribution in [3.63, 3.8) is 0 Å². The fourth-order valence-corrected chi connectivity index (χ4v) is 2.85. The van der Waals surface area contributed by atoms with Gasteiger partial charge >= 0.3 is 0 Å². The third kappa shape index (κ3) is 1.99. The number of carbonyl (C=O) groups excluding carboxylic acids is 1. The molecule has 3 atom stereocenters. The molecular weight excluding hydrogens is 248 g/mol. The van der Waals surface area contributed by atoms with Crippen LogP contribution in [0.25, 0.3) is 0 Å². The molecule has 1 spiro atoms. The summed E-state index contributed by atoms with van der Waals surface area (Å²) < 4.78 is 11.4. The molecule has 2 aliphatic heterocycles. The molecule has 5 heteroatoms. The number of rotatable bonds is 2. The van der Waals surface area contributed by atoms with Crippen molar-refractivity contribution < 1.29 is 24.5 Å². The zero-order valence-electron chi connectivity index (χ0n) is 10.4. The van der Waals surface area contributed by atoms with E-state index < -0.39 is 18.0 Å². The van der Waals surface area contributed by atoms with Gasteiger partial charge in [-0.1, -0.05) is 18.2 Å². The van der Waals surface area contributed by atoms with Crippen molar-refractivity contribution >= 4 is 6.29 Å². The van der Waals surface area contributed by atoms with Crippen LogP contribution >= 0.6 is 0 Å². The van der Waals surface area contributed by atoms with Crippen molar-refractivity contribution in [1.29, 1.82) is 0 Å². The van der Waals surface area contributed by atoms with Crippen molar-refractivity contribution in [2.24, 2.45) is 0 Å². The average molecular weight is 264 g/mol. The maximum Gasteiger partial charge on any atom is 0.199 e. The van der Waals surface area contributed by atoms with Crippen LogP contribution in [-0.4, -0.2) is 41.1 Å². The minimum absolute atomic E-state index is 0.148. The highest BCUT2D eigenvalue weighted by molar-refractivity contribution is 5.78. The third-order valence-corrected chi connectivity index (χ3v) is 3.90. The van der Waals surface area contributed by atoms with Crippen LogP contribution in [0.15, 0.2) is 18.2 Å². The van der Waals surface area contributed by atoms with Gasteiger partial charge in [-0.05, 0) is 11.1 Å². The lowest BCUT2D eigenvalue weighted by atomic mass is 9.90. The average Bonchev–Trinajstić information content (AvgIpc) is 2.74. The van der Waals surface area contributed by atoms with Crippen LogP contribution in [0, 0.1) is 0 Å². The van der Waals surface area contributed by atoms with E-state index >= 15 is 0 Å². The lowest BCUT2D eigenvalue weighted by Crippen LogP contribution is -2.47. The van der Waals surface area contributed by atoms with Crippen LogP contribution in [0.3, 0.4) is 0 Å². The van der Waals surface area contributed by atoms with Gasteiger partial charge in [0.2, 0.25) is 0 Å². The highest BCUT2D eigenvalue weighted by Gasteiger charge is 2.51. The Hall–Kier alpha value is -1.27. The standard InChI is InChI=1S/C14H16O5/c15-6-9-2-1-3-10-8-18-14(5-12(9)10)13(17)4-11(7-16)19-14/h1-3,6,11,13,16-17H,4-5,7-8H2/t11-,13-,14+/m0/s1. The molecule has 0 radical (unpaired) electrons. The Morgan fingerprint density at radius 2 is 2.32 bits per heavy atom. The molecule has 1 aromatic rings. The van der Waals surface area contributed by atoms with Gasteiger partial charge in [0.05, 0.1) is 19.3 Å². The molecule has 5 nitrogen and oxygen atoms in total. The van der Waals surface area contributed by atoms with Crippen molar-refractivity contribution in [2.75, 3.05) is 6.61 Å². The van der Waals surface area contributed by atoms with E-state index in [2.05, 4.69) is 0 Å². The Kier molecular flexibility index (Phi) is 3.14. The minimum atomic E-state index is -1.13. The number of carbonyl (C=O) groups is 1. The lowest BCUT2D eigenvalue weighted by molar-refractivity contribution is -0.270. The second-order valence-electron chi connectivity index (χ2n) is 5.05. The summed E-state index contributed by atoms with van der Waals surface area (Å²) in [7, 11) is 0. The first kappa shape index (κ1) is 12.7. The third-order valence-electron chi connectivity index (χ3n) is 3.90. The smallest absolute Gasteiger partial charge is 0.199 e. The van der Waals surface area contributed by atoms with Gasteiger partial charge in [-0.15, -0.1) is 0 Å². The number of fused-ring (bicyclic) bond motifs is 1. The molecular formula is C14H16O5. The Morgan fingerprint density at radius 1 is 1.47 bits per heavy atom. The minimum Gasteiger partial charge on any atom is -0.394 e. The molecule has 3 rings (SSSR count).